The Kier molecular flexibility index (Phi) is 3.36. The first-order chi connectivity index (χ1) is 9.63. The Bertz CT molecular complexity index is 647. The lowest BCUT2D eigenvalue weighted by molar-refractivity contribution is 0.0907. The number of carbonyl (C=O) groups is 1. The van der Waals surface area contributed by atoms with Crippen LogP contribution in [0.2, 0.25) is 0 Å². The highest BCUT2D eigenvalue weighted by molar-refractivity contribution is 5.98. The molecule has 1 aliphatic rings. The zero-order chi connectivity index (χ0) is 14.1. The van der Waals surface area contributed by atoms with Gasteiger partial charge < -0.3 is 4.57 Å². The minimum absolute atomic E-state index is 0.176. The van der Waals surface area contributed by atoms with Crippen LogP contribution in [-0.4, -0.2) is 38.5 Å². The van der Waals surface area contributed by atoms with E-state index in [4.69, 9.17) is 0 Å². The van der Waals surface area contributed by atoms with Crippen LogP contribution in [-0.2, 0) is 13.1 Å². The fraction of sp³-hybridized carbons (Fsp3) is 0.400. The quantitative estimate of drug-likeness (QED) is 0.795. The van der Waals surface area contributed by atoms with Crippen molar-refractivity contribution in [3.8, 4) is 0 Å². The number of hydrogen-bond acceptors (Lipinski definition) is 4. The van der Waals surface area contributed by atoms with Crippen molar-refractivity contribution in [1.29, 1.82) is 0 Å². The van der Waals surface area contributed by atoms with Crippen LogP contribution < -0.4 is 0 Å². The van der Waals surface area contributed by atoms with Crippen LogP contribution in [0.3, 0.4) is 0 Å². The summed E-state index contributed by atoms with van der Waals surface area (Å²) in [6.45, 7) is 6.88. The van der Waals surface area contributed by atoms with Gasteiger partial charge >= 0.3 is 0 Å². The highest BCUT2D eigenvalue weighted by atomic mass is 16.1. The number of fused-ring (bicyclic) bond motifs is 1. The molecule has 5 nitrogen and oxygen atoms in total. The molecule has 0 bridgehead atoms. The van der Waals surface area contributed by atoms with E-state index in [0.717, 1.165) is 30.0 Å². The van der Waals surface area contributed by atoms with Gasteiger partial charge in [0.15, 0.2) is 5.78 Å². The summed E-state index contributed by atoms with van der Waals surface area (Å²) in [5, 5.41) is 7.98. The van der Waals surface area contributed by atoms with Crippen molar-refractivity contribution in [3.63, 3.8) is 0 Å². The van der Waals surface area contributed by atoms with Crippen molar-refractivity contribution in [3.05, 3.63) is 47.0 Å². The van der Waals surface area contributed by atoms with Gasteiger partial charge in [0.1, 0.15) is 12.2 Å². The molecule has 1 aromatic heterocycles. The first-order valence-electron chi connectivity index (χ1n) is 6.83. The van der Waals surface area contributed by atoms with E-state index in [-0.39, 0.29) is 5.78 Å². The Balaban J connectivity index is 1.71. The first kappa shape index (κ1) is 13.0. The highest BCUT2D eigenvalue weighted by Gasteiger charge is 2.20. The fourth-order valence-electron chi connectivity index (χ4n) is 2.67. The van der Waals surface area contributed by atoms with E-state index in [9.17, 15) is 4.79 Å². The van der Waals surface area contributed by atoms with Crippen molar-refractivity contribution in [2.75, 3.05) is 13.1 Å². The number of hydrogen-bond donors (Lipinski definition) is 0. The maximum atomic E-state index is 12.4. The van der Waals surface area contributed by atoms with E-state index in [1.165, 1.54) is 5.56 Å². The molecule has 0 N–H and O–H groups in total. The summed E-state index contributed by atoms with van der Waals surface area (Å²) in [5.41, 5.74) is 3.06. The van der Waals surface area contributed by atoms with Gasteiger partial charge in [-0.25, -0.2) is 0 Å². The molecule has 0 saturated carbocycles. The molecule has 0 fully saturated rings. The number of Topliss-reactive ketones (excluding diaryl/α,β-unsaturated/α-hetero) is 1. The Hall–Kier alpha value is -2.01. The van der Waals surface area contributed by atoms with Gasteiger partial charge in [0, 0.05) is 18.7 Å². The number of aryl methyl sites for hydroxylation is 2. The molecule has 1 aromatic carbocycles. The third-order valence-corrected chi connectivity index (χ3v) is 3.77. The molecule has 0 radical (unpaired) electrons. The largest absolute Gasteiger partial charge is 0.315 e. The number of ketones is 1. The van der Waals surface area contributed by atoms with Crippen molar-refractivity contribution in [2.24, 2.45) is 0 Å². The molecule has 104 valence electrons. The van der Waals surface area contributed by atoms with Crippen molar-refractivity contribution >= 4 is 5.78 Å². The summed E-state index contributed by atoms with van der Waals surface area (Å²) < 4.78 is 2.04. The maximum absolute atomic E-state index is 12.4. The molecular weight excluding hydrogens is 252 g/mol. The lowest BCUT2D eigenvalue weighted by atomic mass is 10.0. The monoisotopic (exact) mass is 270 g/mol. The van der Waals surface area contributed by atoms with Crippen molar-refractivity contribution in [1.82, 2.24) is 19.7 Å². The van der Waals surface area contributed by atoms with E-state index < -0.39 is 0 Å². The molecule has 0 amide bonds. The number of rotatable bonds is 3. The van der Waals surface area contributed by atoms with Crippen LogP contribution in [0.5, 0.6) is 0 Å². The van der Waals surface area contributed by atoms with Gasteiger partial charge in [0.05, 0.1) is 13.1 Å². The molecular formula is C15H18N4O. The third kappa shape index (κ3) is 2.49. The van der Waals surface area contributed by atoms with E-state index in [0.29, 0.717) is 13.1 Å². The SMILES string of the molecule is Cc1ccc(C(=O)CN2CCn3cnnc3C2)c(C)c1. The highest BCUT2D eigenvalue weighted by Crippen LogP contribution is 2.14. The standard InChI is InChI=1S/C15H18N4O/c1-11-3-4-13(12(2)7-11)14(20)8-18-5-6-19-10-16-17-15(19)9-18/h3-4,7,10H,5-6,8-9H2,1-2H3. The van der Waals surface area contributed by atoms with E-state index in [1.54, 1.807) is 6.33 Å². The third-order valence-electron chi connectivity index (χ3n) is 3.77. The lowest BCUT2D eigenvalue weighted by Crippen LogP contribution is -2.37. The normalized spacial score (nSPS) is 15.1. The molecule has 5 heteroatoms. The summed E-state index contributed by atoms with van der Waals surface area (Å²) >= 11 is 0. The zero-order valence-corrected chi connectivity index (χ0v) is 11.8. The number of nitrogens with zero attached hydrogens (tertiary/aromatic N) is 4. The minimum Gasteiger partial charge on any atom is -0.315 e. The molecule has 3 rings (SSSR count). The van der Waals surface area contributed by atoms with Gasteiger partial charge in [-0.1, -0.05) is 23.8 Å². The summed E-state index contributed by atoms with van der Waals surface area (Å²) in [6, 6.07) is 5.98. The van der Waals surface area contributed by atoms with E-state index in [1.807, 2.05) is 30.5 Å². The van der Waals surface area contributed by atoms with E-state index >= 15 is 0 Å². The molecule has 1 aliphatic heterocycles. The summed E-state index contributed by atoms with van der Waals surface area (Å²) in [7, 11) is 0. The molecule has 0 saturated heterocycles. The molecule has 0 unspecified atom stereocenters. The van der Waals surface area contributed by atoms with Crippen LogP contribution in [0.4, 0.5) is 0 Å². The fourth-order valence-corrected chi connectivity index (χ4v) is 2.67. The van der Waals surface area contributed by atoms with Crippen molar-refractivity contribution < 1.29 is 4.79 Å². The predicted molar refractivity (Wildman–Crippen MR) is 75.5 cm³/mol. The van der Waals surface area contributed by atoms with Crippen LogP contribution >= 0.6 is 0 Å². The van der Waals surface area contributed by atoms with Crippen LogP contribution in [0.1, 0.15) is 27.3 Å². The molecule has 2 heterocycles. The summed E-state index contributed by atoms with van der Waals surface area (Å²) in [5.74, 6) is 1.11. The zero-order valence-electron chi connectivity index (χ0n) is 11.8. The minimum atomic E-state index is 0.176. The smallest absolute Gasteiger partial charge is 0.177 e. The van der Waals surface area contributed by atoms with E-state index in [2.05, 4.69) is 21.2 Å². The Morgan fingerprint density at radius 3 is 2.95 bits per heavy atom. The number of carbonyl (C=O) groups excluding carboxylic acids is 1. The second-order valence-corrected chi connectivity index (χ2v) is 5.39. The summed E-state index contributed by atoms with van der Waals surface area (Å²) in [6.07, 6.45) is 1.75. The molecule has 0 spiro atoms. The Labute approximate surface area is 118 Å². The van der Waals surface area contributed by atoms with Crippen LogP contribution in [0, 0.1) is 13.8 Å². The average molecular weight is 270 g/mol. The Morgan fingerprint density at radius 2 is 2.15 bits per heavy atom. The second-order valence-electron chi connectivity index (χ2n) is 5.39. The second kappa shape index (κ2) is 5.17. The number of aromatic nitrogens is 3. The lowest BCUT2D eigenvalue weighted by Gasteiger charge is -2.26. The van der Waals surface area contributed by atoms with Crippen LogP contribution in [0.15, 0.2) is 24.5 Å². The van der Waals surface area contributed by atoms with Gasteiger partial charge in [-0.05, 0) is 19.4 Å². The number of benzene rings is 1. The van der Waals surface area contributed by atoms with Gasteiger partial charge in [-0.15, -0.1) is 10.2 Å². The maximum Gasteiger partial charge on any atom is 0.177 e. The summed E-state index contributed by atoms with van der Waals surface area (Å²) in [4.78, 5) is 14.5. The van der Waals surface area contributed by atoms with Gasteiger partial charge in [-0.2, -0.15) is 0 Å². The molecule has 20 heavy (non-hydrogen) atoms. The molecule has 0 atom stereocenters. The average Bonchev–Trinajstić information content (AvgIpc) is 2.85. The first-order valence-corrected chi connectivity index (χ1v) is 6.83. The van der Waals surface area contributed by atoms with Gasteiger partial charge in [0.25, 0.3) is 0 Å². The van der Waals surface area contributed by atoms with Gasteiger partial charge in [-0.3, -0.25) is 9.69 Å². The van der Waals surface area contributed by atoms with Gasteiger partial charge in [0.2, 0.25) is 0 Å². The molecule has 2 aromatic rings. The molecule has 0 aliphatic carbocycles. The predicted octanol–water partition coefficient (Wildman–Crippen LogP) is 1.59. The Morgan fingerprint density at radius 1 is 1.30 bits per heavy atom. The van der Waals surface area contributed by atoms with Crippen LogP contribution in [0.25, 0.3) is 0 Å². The topological polar surface area (TPSA) is 51.0 Å². The van der Waals surface area contributed by atoms with Crippen molar-refractivity contribution in [2.45, 2.75) is 26.9 Å².